The second kappa shape index (κ2) is 8.29. The number of amides is 2. The Kier molecular flexibility index (Phi) is 5.84. The molecule has 1 atom stereocenters. The molecule has 27 heavy (non-hydrogen) atoms. The van der Waals surface area contributed by atoms with E-state index >= 15 is 0 Å². The van der Waals surface area contributed by atoms with E-state index in [1.54, 1.807) is 4.90 Å². The zero-order valence-electron chi connectivity index (χ0n) is 15.2. The molecule has 1 fully saturated rings. The van der Waals surface area contributed by atoms with Gasteiger partial charge in [-0.2, -0.15) is 0 Å². The molecule has 2 amide bonds. The second-order valence-corrected chi connectivity index (χ2v) is 6.80. The zero-order chi connectivity index (χ0) is 19.4. The molecule has 0 saturated carbocycles. The number of benzene rings is 2. The molecule has 0 spiro atoms. The van der Waals surface area contributed by atoms with Gasteiger partial charge in [-0.3, -0.25) is 9.59 Å². The number of hydrogen-bond donors (Lipinski definition) is 1. The summed E-state index contributed by atoms with van der Waals surface area (Å²) in [6.07, 6.45) is 2.02. The fourth-order valence-electron chi connectivity index (χ4n) is 3.33. The van der Waals surface area contributed by atoms with Gasteiger partial charge in [-0.1, -0.05) is 30.3 Å². The number of nitrogens with zero attached hydrogens (tertiary/aromatic N) is 1. The van der Waals surface area contributed by atoms with Crippen molar-refractivity contribution in [1.82, 2.24) is 10.2 Å². The highest BCUT2D eigenvalue weighted by atomic mass is 19.1. The lowest BCUT2D eigenvalue weighted by molar-refractivity contribution is -0.133. The number of hydrogen-bond acceptors (Lipinski definition) is 2. The summed E-state index contributed by atoms with van der Waals surface area (Å²) >= 11 is 0. The van der Waals surface area contributed by atoms with Gasteiger partial charge in [0.1, 0.15) is 23.2 Å². The average Bonchev–Trinajstić information content (AvgIpc) is 2.79. The highest BCUT2D eigenvalue weighted by Gasteiger charge is 2.30. The molecule has 142 valence electrons. The Morgan fingerprint density at radius 3 is 2.52 bits per heavy atom. The number of likely N-dealkylation sites (tertiary alicyclic amines) is 1. The third-order valence-electron chi connectivity index (χ3n) is 4.90. The van der Waals surface area contributed by atoms with Gasteiger partial charge < -0.3 is 10.2 Å². The SMILES string of the molecule is Cc1ccccc1CN1CCCCC(NC(=O)c2c(F)cccc2F)C1=O. The summed E-state index contributed by atoms with van der Waals surface area (Å²) in [6, 6.07) is 10.3. The molecule has 0 aliphatic carbocycles. The molecular weight excluding hydrogens is 350 g/mol. The van der Waals surface area contributed by atoms with Crippen molar-refractivity contribution in [2.75, 3.05) is 6.54 Å². The number of rotatable bonds is 4. The Balaban J connectivity index is 1.76. The standard InChI is InChI=1S/C21H22F2N2O2/c1-14-7-2-3-8-15(14)13-25-12-5-4-11-18(21(25)27)24-20(26)19-16(22)9-6-10-17(19)23/h2-3,6-10,18H,4-5,11-13H2,1H3,(H,24,26). The van der Waals surface area contributed by atoms with E-state index in [1.165, 1.54) is 6.07 Å². The molecule has 1 N–H and O–H groups in total. The molecule has 1 heterocycles. The van der Waals surface area contributed by atoms with E-state index in [2.05, 4.69) is 5.32 Å². The van der Waals surface area contributed by atoms with Crippen LogP contribution < -0.4 is 5.32 Å². The molecule has 1 unspecified atom stereocenters. The Hall–Kier alpha value is -2.76. The van der Waals surface area contributed by atoms with Crippen LogP contribution in [0.4, 0.5) is 8.78 Å². The summed E-state index contributed by atoms with van der Waals surface area (Å²) in [7, 11) is 0. The molecule has 2 aromatic rings. The van der Waals surface area contributed by atoms with E-state index in [1.807, 2.05) is 31.2 Å². The van der Waals surface area contributed by atoms with Crippen LogP contribution in [0.1, 0.15) is 40.7 Å². The van der Waals surface area contributed by atoms with Crippen molar-refractivity contribution in [2.45, 2.75) is 38.8 Å². The van der Waals surface area contributed by atoms with Gasteiger partial charge in [0, 0.05) is 13.1 Å². The van der Waals surface area contributed by atoms with Crippen molar-refractivity contribution >= 4 is 11.8 Å². The maximum Gasteiger partial charge on any atom is 0.257 e. The number of carbonyl (C=O) groups excluding carboxylic acids is 2. The van der Waals surface area contributed by atoms with Crippen LogP contribution in [0.3, 0.4) is 0 Å². The summed E-state index contributed by atoms with van der Waals surface area (Å²) < 4.78 is 27.7. The van der Waals surface area contributed by atoms with Gasteiger partial charge in [0.2, 0.25) is 5.91 Å². The predicted molar refractivity (Wildman–Crippen MR) is 98.1 cm³/mol. The van der Waals surface area contributed by atoms with Crippen molar-refractivity contribution in [3.05, 3.63) is 70.8 Å². The minimum atomic E-state index is -0.940. The topological polar surface area (TPSA) is 49.4 Å². The first-order valence-corrected chi connectivity index (χ1v) is 9.05. The summed E-state index contributed by atoms with van der Waals surface area (Å²) in [5.74, 6) is -3.00. The molecule has 1 saturated heterocycles. The minimum absolute atomic E-state index is 0.221. The number of nitrogens with one attached hydrogen (secondary N) is 1. The van der Waals surface area contributed by atoms with Crippen molar-refractivity contribution in [2.24, 2.45) is 0 Å². The Labute approximate surface area is 157 Å². The van der Waals surface area contributed by atoms with Crippen LogP contribution in [-0.4, -0.2) is 29.3 Å². The number of aryl methyl sites for hydroxylation is 1. The van der Waals surface area contributed by atoms with Gasteiger partial charge >= 0.3 is 0 Å². The van der Waals surface area contributed by atoms with Crippen molar-refractivity contribution < 1.29 is 18.4 Å². The molecule has 3 rings (SSSR count). The van der Waals surface area contributed by atoms with Gasteiger partial charge in [0.25, 0.3) is 5.91 Å². The van der Waals surface area contributed by atoms with Crippen LogP contribution >= 0.6 is 0 Å². The first kappa shape index (κ1) is 19.0. The third kappa shape index (κ3) is 4.32. The quantitative estimate of drug-likeness (QED) is 0.892. The number of carbonyl (C=O) groups is 2. The van der Waals surface area contributed by atoms with Crippen LogP contribution in [-0.2, 0) is 11.3 Å². The average molecular weight is 372 g/mol. The van der Waals surface area contributed by atoms with Gasteiger partial charge in [-0.15, -0.1) is 0 Å². The van der Waals surface area contributed by atoms with Crippen molar-refractivity contribution in [3.8, 4) is 0 Å². The molecule has 2 aromatic carbocycles. The maximum absolute atomic E-state index is 13.8. The van der Waals surface area contributed by atoms with Crippen molar-refractivity contribution in [1.29, 1.82) is 0 Å². The van der Waals surface area contributed by atoms with Gasteiger partial charge in [-0.25, -0.2) is 8.78 Å². The molecule has 0 bridgehead atoms. The van der Waals surface area contributed by atoms with Gasteiger partial charge in [0.05, 0.1) is 0 Å². The first-order valence-electron chi connectivity index (χ1n) is 9.05. The van der Waals surface area contributed by atoms with Crippen LogP contribution in [0.15, 0.2) is 42.5 Å². The zero-order valence-corrected chi connectivity index (χ0v) is 15.2. The second-order valence-electron chi connectivity index (χ2n) is 6.80. The molecule has 6 heteroatoms. The van der Waals surface area contributed by atoms with Crippen LogP contribution in [0, 0.1) is 18.6 Å². The molecule has 0 radical (unpaired) electrons. The molecule has 0 aromatic heterocycles. The first-order chi connectivity index (χ1) is 13.0. The molecule has 4 nitrogen and oxygen atoms in total. The highest BCUT2D eigenvalue weighted by molar-refractivity contribution is 5.98. The minimum Gasteiger partial charge on any atom is -0.340 e. The fraction of sp³-hybridized carbons (Fsp3) is 0.333. The van der Waals surface area contributed by atoms with E-state index in [4.69, 9.17) is 0 Å². The fourth-order valence-corrected chi connectivity index (χ4v) is 3.33. The van der Waals surface area contributed by atoms with E-state index in [9.17, 15) is 18.4 Å². The van der Waals surface area contributed by atoms with E-state index in [0.29, 0.717) is 19.5 Å². The number of halogens is 2. The largest absolute Gasteiger partial charge is 0.340 e. The Morgan fingerprint density at radius 1 is 1.11 bits per heavy atom. The highest BCUT2D eigenvalue weighted by Crippen LogP contribution is 2.18. The molecule has 1 aliphatic rings. The van der Waals surface area contributed by atoms with E-state index in [-0.39, 0.29) is 5.91 Å². The summed E-state index contributed by atoms with van der Waals surface area (Å²) in [6.45, 7) is 3.03. The van der Waals surface area contributed by atoms with Gasteiger partial charge in [-0.05, 0) is 49.4 Å². The summed E-state index contributed by atoms with van der Waals surface area (Å²) in [4.78, 5) is 27.0. The normalized spacial score (nSPS) is 17.5. The van der Waals surface area contributed by atoms with Gasteiger partial charge in [0.15, 0.2) is 0 Å². The lowest BCUT2D eigenvalue weighted by Crippen LogP contribution is -2.47. The lowest BCUT2D eigenvalue weighted by atomic mass is 10.1. The van der Waals surface area contributed by atoms with Crippen LogP contribution in [0.5, 0.6) is 0 Å². The monoisotopic (exact) mass is 372 g/mol. The van der Waals surface area contributed by atoms with Crippen LogP contribution in [0.25, 0.3) is 0 Å². The summed E-state index contributed by atoms with van der Waals surface area (Å²) in [5, 5.41) is 2.53. The van der Waals surface area contributed by atoms with Crippen LogP contribution in [0.2, 0.25) is 0 Å². The lowest BCUT2D eigenvalue weighted by Gasteiger charge is -2.25. The van der Waals surface area contributed by atoms with E-state index in [0.717, 1.165) is 36.1 Å². The van der Waals surface area contributed by atoms with Crippen molar-refractivity contribution in [3.63, 3.8) is 0 Å². The Bertz CT molecular complexity index is 834. The smallest absolute Gasteiger partial charge is 0.257 e. The predicted octanol–water partition coefficient (Wildman–Crippen LogP) is 3.58. The molecular formula is C21H22F2N2O2. The molecule has 1 aliphatic heterocycles. The summed E-state index contributed by atoms with van der Waals surface area (Å²) in [5.41, 5.74) is 1.47. The van der Waals surface area contributed by atoms with E-state index < -0.39 is 29.1 Å². The Morgan fingerprint density at radius 2 is 1.81 bits per heavy atom. The maximum atomic E-state index is 13.8. The third-order valence-corrected chi connectivity index (χ3v) is 4.90.